The lowest BCUT2D eigenvalue weighted by atomic mass is 10.3. The molecule has 0 saturated heterocycles. The largest absolute Gasteiger partial charge is 0.489 e. The van der Waals surface area contributed by atoms with Gasteiger partial charge in [0.15, 0.2) is 5.96 Å². The zero-order valence-electron chi connectivity index (χ0n) is 16.0. The van der Waals surface area contributed by atoms with Crippen molar-refractivity contribution in [1.82, 2.24) is 25.4 Å². The number of rotatable bonds is 9. The number of guanidine groups is 1. The van der Waals surface area contributed by atoms with Gasteiger partial charge in [-0.05, 0) is 38.1 Å². The molecule has 1 aromatic heterocycles. The molecule has 150 valence electrons. The topological polar surface area (TPSA) is 76.4 Å². The monoisotopic (exact) mass is 506 g/mol. The van der Waals surface area contributed by atoms with Gasteiger partial charge in [-0.1, -0.05) is 18.5 Å². The van der Waals surface area contributed by atoms with Gasteiger partial charge >= 0.3 is 0 Å². The molecule has 0 amide bonds. The van der Waals surface area contributed by atoms with Crippen molar-refractivity contribution >= 4 is 41.5 Å². The van der Waals surface area contributed by atoms with Crippen LogP contribution in [0.4, 0.5) is 0 Å². The van der Waals surface area contributed by atoms with Gasteiger partial charge in [0.1, 0.15) is 24.0 Å². The van der Waals surface area contributed by atoms with Crippen LogP contribution in [0.2, 0.25) is 5.02 Å². The Kier molecular flexibility index (Phi) is 11.1. The maximum atomic E-state index is 5.89. The smallest absolute Gasteiger partial charge is 0.191 e. The first-order valence-corrected chi connectivity index (χ1v) is 9.31. The molecular formula is C18H28ClIN6O. The number of aliphatic imine (C=N–C) groups is 1. The van der Waals surface area contributed by atoms with E-state index >= 15 is 0 Å². The standard InChI is InChI=1S/C18H27ClN6O.HI/c1-4-17-24-23-13-25(17)11-10-21-18(20-5-2)22-12-14(3)26-16-8-6-15(19)7-9-16;/h6-9,13-14H,4-5,10-12H2,1-3H3,(H2,20,21,22);1H. The maximum absolute atomic E-state index is 5.89. The van der Waals surface area contributed by atoms with E-state index < -0.39 is 0 Å². The molecule has 2 aromatic rings. The molecule has 27 heavy (non-hydrogen) atoms. The highest BCUT2D eigenvalue weighted by molar-refractivity contribution is 14.0. The molecule has 2 rings (SSSR count). The lowest BCUT2D eigenvalue weighted by Crippen LogP contribution is -2.39. The van der Waals surface area contributed by atoms with Crippen molar-refractivity contribution in [3.63, 3.8) is 0 Å². The Bertz CT molecular complexity index is 691. The van der Waals surface area contributed by atoms with Crippen LogP contribution in [0, 0.1) is 0 Å². The van der Waals surface area contributed by atoms with Crippen LogP contribution in [0.1, 0.15) is 26.6 Å². The third kappa shape index (κ3) is 8.34. The first-order chi connectivity index (χ1) is 12.6. The quantitative estimate of drug-likeness (QED) is 0.310. The summed E-state index contributed by atoms with van der Waals surface area (Å²) in [6.07, 6.45) is 2.58. The minimum atomic E-state index is -0.0452. The van der Waals surface area contributed by atoms with Gasteiger partial charge < -0.3 is 19.9 Å². The molecule has 7 nitrogen and oxygen atoms in total. The molecular weight excluding hydrogens is 479 g/mol. The Balaban J connectivity index is 0.00000364. The van der Waals surface area contributed by atoms with Crippen molar-refractivity contribution in [3.05, 3.63) is 41.4 Å². The van der Waals surface area contributed by atoms with E-state index in [1.807, 2.05) is 42.7 Å². The summed E-state index contributed by atoms with van der Waals surface area (Å²) in [6, 6.07) is 7.34. The molecule has 1 aromatic carbocycles. The molecule has 1 heterocycles. The summed E-state index contributed by atoms with van der Waals surface area (Å²) >= 11 is 5.89. The summed E-state index contributed by atoms with van der Waals surface area (Å²) in [7, 11) is 0. The molecule has 2 N–H and O–H groups in total. The number of hydrogen-bond acceptors (Lipinski definition) is 4. The van der Waals surface area contributed by atoms with Crippen molar-refractivity contribution in [2.45, 2.75) is 39.8 Å². The second-order valence-electron chi connectivity index (χ2n) is 5.82. The molecule has 0 fully saturated rings. The average molecular weight is 507 g/mol. The first-order valence-electron chi connectivity index (χ1n) is 8.93. The summed E-state index contributed by atoms with van der Waals surface area (Å²) in [6.45, 7) is 8.98. The number of aromatic nitrogens is 3. The Morgan fingerprint density at radius 1 is 1.26 bits per heavy atom. The molecule has 9 heteroatoms. The van der Waals surface area contributed by atoms with Crippen molar-refractivity contribution in [3.8, 4) is 5.75 Å². The van der Waals surface area contributed by atoms with Gasteiger partial charge in [0.25, 0.3) is 0 Å². The van der Waals surface area contributed by atoms with Gasteiger partial charge in [0, 0.05) is 31.1 Å². The number of benzene rings is 1. The van der Waals surface area contributed by atoms with E-state index in [0.717, 1.165) is 43.6 Å². The molecule has 0 aliphatic carbocycles. The zero-order valence-corrected chi connectivity index (χ0v) is 19.1. The van der Waals surface area contributed by atoms with Crippen LogP contribution < -0.4 is 15.4 Å². The number of ether oxygens (including phenoxy) is 1. The predicted molar refractivity (Wildman–Crippen MR) is 120 cm³/mol. The van der Waals surface area contributed by atoms with Crippen molar-refractivity contribution in [2.24, 2.45) is 4.99 Å². The van der Waals surface area contributed by atoms with Gasteiger partial charge in [0.05, 0.1) is 6.54 Å². The van der Waals surface area contributed by atoms with Crippen LogP contribution in [-0.4, -0.2) is 46.5 Å². The van der Waals surface area contributed by atoms with Gasteiger partial charge in [-0.15, -0.1) is 34.2 Å². The predicted octanol–water partition coefficient (Wildman–Crippen LogP) is 3.13. The lowest BCUT2D eigenvalue weighted by molar-refractivity contribution is 0.230. The van der Waals surface area contributed by atoms with Crippen molar-refractivity contribution in [1.29, 1.82) is 0 Å². The summed E-state index contributed by atoms with van der Waals surface area (Å²) < 4.78 is 7.89. The van der Waals surface area contributed by atoms with Crippen molar-refractivity contribution in [2.75, 3.05) is 19.6 Å². The Labute approximate surface area is 183 Å². The van der Waals surface area contributed by atoms with Crippen molar-refractivity contribution < 1.29 is 4.74 Å². The van der Waals surface area contributed by atoms with Crippen LogP contribution in [-0.2, 0) is 13.0 Å². The number of aryl methyl sites for hydroxylation is 1. The number of nitrogens with zero attached hydrogens (tertiary/aromatic N) is 4. The second kappa shape index (κ2) is 12.8. The van der Waals surface area contributed by atoms with E-state index in [-0.39, 0.29) is 30.1 Å². The summed E-state index contributed by atoms with van der Waals surface area (Å²) in [5, 5.41) is 15.3. The third-order valence-corrected chi connectivity index (χ3v) is 3.91. The van der Waals surface area contributed by atoms with E-state index in [4.69, 9.17) is 16.3 Å². The average Bonchev–Trinajstić information content (AvgIpc) is 3.09. The van der Waals surface area contributed by atoms with Crippen LogP contribution >= 0.6 is 35.6 Å². The van der Waals surface area contributed by atoms with Crippen LogP contribution in [0.3, 0.4) is 0 Å². The highest BCUT2D eigenvalue weighted by Crippen LogP contribution is 2.16. The number of hydrogen-bond donors (Lipinski definition) is 2. The van der Waals surface area contributed by atoms with Crippen LogP contribution in [0.25, 0.3) is 0 Å². The fraction of sp³-hybridized carbons (Fsp3) is 0.500. The van der Waals surface area contributed by atoms with E-state index in [0.29, 0.717) is 11.6 Å². The van der Waals surface area contributed by atoms with E-state index in [1.54, 1.807) is 6.33 Å². The SMILES string of the molecule is CCNC(=NCC(C)Oc1ccc(Cl)cc1)NCCn1cnnc1CC.I. The Morgan fingerprint density at radius 3 is 2.67 bits per heavy atom. The van der Waals surface area contributed by atoms with Gasteiger partial charge in [-0.3, -0.25) is 0 Å². The molecule has 0 aliphatic heterocycles. The first kappa shape index (κ1) is 23.5. The minimum absolute atomic E-state index is 0. The summed E-state index contributed by atoms with van der Waals surface area (Å²) in [5.74, 6) is 2.54. The maximum Gasteiger partial charge on any atom is 0.191 e. The second-order valence-corrected chi connectivity index (χ2v) is 6.26. The Morgan fingerprint density at radius 2 is 2.00 bits per heavy atom. The molecule has 0 aliphatic rings. The molecule has 0 bridgehead atoms. The van der Waals surface area contributed by atoms with Gasteiger partial charge in [-0.2, -0.15) is 0 Å². The third-order valence-electron chi connectivity index (χ3n) is 3.66. The van der Waals surface area contributed by atoms with Crippen LogP contribution in [0.5, 0.6) is 5.75 Å². The highest BCUT2D eigenvalue weighted by atomic mass is 127. The molecule has 0 saturated carbocycles. The highest BCUT2D eigenvalue weighted by Gasteiger charge is 2.06. The fourth-order valence-corrected chi connectivity index (χ4v) is 2.50. The molecule has 1 unspecified atom stereocenters. The number of nitrogens with one attached hydrogen (secondary N) is 2. The number of halogens is 2. The van der Waals surface area contributed by atoms with Gasteiger partial charge in [0.2, 0.25) is 0 Å². The van der Waals surface area contributed by atoms with E-state index in [1.165, 1.54) is 0 Å². The minimum Gasteiger partial charge on any atom is -0.489 e. The Hall–Kier alpha value is -1.55. The van der Waals surface area contributed by atoms with Gasteiger partial charge in [-0.25, -0.2) is 4.99 Å². The molecule has 0 radical (unpaired) electrons. The van der Waals surface area contributed by atoms with E-state index in [9.17, 15) is 0 Å². The fourth-order valence-electron chi connectivity index (χ4n) is 2.38. The summed E-state index contributed by atoms with van der Waals surface area (Å²) in [5.41, 5.74) is 0. The summed E-state index contributed by atoms with van der Waals surface area (Å²) in [4.78, 5) is 4.59. The normalized spacial score (nSPS) is 12.2. The van der Waals surface area contributed by atoms with E-state index in [2.05, 4.69) is 32.7 Å². The zero-order chi connectivity index (χ0) is 18.8. The van der Waals surface area contributed by atoms with Crippen LogP contribution in [0.15, 0.2) is 35.6 Å². The molecule has 0 spiro atoms. The lowest BCUT2D eigenvalue weighted by Gasteiger charge is -2.15. The molecule has 1 atom stereocenters.